The Hall–Kier alpha value is -1.96. The molecule has 2 heteroatoms. The first-order chi connectivity index (χ1) is 8.70. The van der Waals surface area contributed by atoms with Gasteiger partial charge in [-0.15, -0.1) is 0 Å². The van der Waals surface area contributed by atoms with Gasteiger partial charge in [-0.25, -0.2) is 0 Å². The molecule has 2 aromatic rings. The summed E-state index contributed by atoms with van der Waals surface area (Å²) in [6, 6.07) is 13.6. The molecule has 0 aromatic heterocycles. The number of para-hydroxylation sites is 1. The molecule has 0 aliphatic heterocycles. The Morgan fingerprint density at radius 2 is 1.61 bits per heavy atom. The molecule has 0 aliphatic rings. The van der Waals surface area contributed by atoms with Gasteiger partial charge in [0.15, 0.2) is 11.5 Å². The summed E-state index contributed by atoms with van der Waals surface area (Å²) in [4.78, 5) is 0. The molecular weight excluding hydrogens is 224 g/mol. The van der Waals surface area contributed by atoms with Gasteiger partial charge in [0.1, 0.15) is 0 Å². The van der Waals surface area contributed by atoms with Crippen LogP contribution in [0.15, 0.2) is 42.5 Å². The maximum Gasteiger partial charge on any atom is 0.160 e. The largest absolute Gasteiger partial charge is 0.504 e. The molecule has 0 saturated heterocycles. The van der Waals surface area contributed by atoms with Gasteiger partial charge in [-0.2, -0.15) is 0 Å². The number of aryl methyl sites for hydroxylation is 3. The lowest BCUT2D eigenvalue weighted by molar-refractivity contribution is 0.399. The van der Waals surface area contributed by atoms with Crippen LogP contribution in [0.3, 0.4) is 0 Å². The van der Waals surface area contributed by atoms with Crippen molar-refractivity contribution >= 4 is 0 Å². The number of rotatable bonds is 4. The fourth-order valence-electron chi connectivity index (χ4n) is 2.06. The molecule has 2 nitrogen and oxygen atoms in total. The quantitative estimate of drug-likeness (QED) is 0.806. The van der Waals surface area contributed by atoms with Gasteiger partial charge in [0.2, 0.25) is 0 Å². The highest BCUT2D eigenvalue weighted by atomic mass is 16.3. The van der Waals surface area contributed by atoms with Crippen LogP contribution in [0.4, 0.5) is 0 Å². The predicted molar refractivity (Wildman–Crippen MR) is 73.0 cm³/mol. The van der Waals surface area contributed by atoms with E-state index in [1.165, 1.54) is 17.2 Å². The Labute approximate surface area is 108 Å². The van der Waals surface area contributed by atoms with Gasteiger partial charge < -0.3 is 10.2 Å². The van der Waals surface area contributed by atoms with Crippen LogP contribution >= 0.6 is 0 Å². The van der Waals surface area contributed by atoms with E-state index in [0.717, 1.165) is 24.8 Å². The monoisotopic (exact) mass is 242 g/mol. The highest BCUT2D eigenvalue weighted by Gasteiger charge is 2.05. The zero-order valence-corrected chi connectivity index (χ0v) is 10.6. The Kier molecular flexibility index (Phi) is 3.88. The Morgan fingerprint density at radius 3 is 2.39 bits per heavy atom. The minimum Gasteiger partial charge on any atom is -0.504 e. The SMILES string of the molecule is CCc1cccc(CCc2cccc(O)c2O)c1. The summed E-state index contributed by atoms with van der Waals surface area (Å²) in [5, 5.41) is 19.2. The number of phenols is 2. The number of aromatic hydroxyl groups is 2. The van der Waals surface area contributed by atoms with Crippen LogP contribution in [0.5, 0.6) is 11.5 Å². The van der Waals surface area contributed by atoms with Gasteiger partial charge in [-0.1, -0.05) is 43.3 Å². The van der Waals surface area contributed by atoms with Gasteiger partial charge >= 0.3 is 0 Å². The molecule has 0 fully saturated rings. The molecule has 2 N–H and O–H groups in total. The normalized spacial score (nSPS) is 10.5. The molecular formula is C16H18O2. The molecule has 0 radical (unpaired) electrons. The summed E-state index contributed by atoms with van der Waals surface area (Å²) in [6.45, 7) is 2.14. The molecule has 2 rings (SSSR count). The average Bonchev–Trinajstić information content (AvgIpc) is 2.41. The molecule has 18 heavy (non-hydrogen) atoms. The lowest BCUT2D eigenvalue weighted by Crippen LogP contribution is -1.93. The van der Waals surface area contributed by atoms with E-state index >= 15 is 0 Å². The predicted octanol–water partition coefficient (Wildman–Crippen LogP) is 3.45. The molecule has 94 valence electrons. The molecule has 0 saturated carbocycles. The van der Waals surface area contributed by atoms with Crippen LogP contribution in [0, 0.1) is 0 Å². The van der Waals surface area contributed by atoms with Gasteiger partial charge in [-0.05, 0) is 42.0 Å². The van der Waals surface area contributed by atoms with Crippen molar-refractivity contribution in [2.75, 3.05) is 0 Å². The molecule has 0 aliphatic carbocycles. The molecule has 2 aromatic carbocycles. The van der Waals surface area contributed by atoms with Crippen molar-refractivity contribution < 1.29 is 10.2 Å². The number of hydrogen-bond acceptors (Lipinski definition) is 2. The van der Waals surface area contributed by atoms with Crippen molar-refractivity contribution in [3.8, 4) is 11.5 Å². The summed E-state index contributed by atoms with van der Waals surface area (Å²) >= 11 is 0. The molecule has 0 unspecified atom stereocenters. The first-order valence-electron chi connectivity index (χ1n) is 6.28. The van der Waals surface area contributed by atoms with Crippen LogP contribution in [-0.4, -0.2) is 10.2 Å². The van der Waals surface area contributed by atoms with E-state index in [4.69, 9.17) is 0 Å². The van der Waals surface area contributed by atoms with E-state index in [1.54, 1.807) is 6.07 Å². The van der Waals surface area contributed by atoms with Crippen LogP contribution < -0.4 is 0 Å². The van der Waals surface area contributed by atoms with Crippen molar-refractivity contribution in [3.63, 3.8) is 0 Å². The minimum atomic E-state index is -0.0465. The lowest BCUT2D eigenvalue weighted by atomic mass is 10.0. The standard InChI is InChI=1S/C16H18O2/c1-2-12-5-3-6-13(11-12)9-10-14-7-4-8-15(17)16(14)18/h3-8,11,17-18H,2,9-10H2,1H3. The topological polar surface area (TPSA) is 40.5 Å². The summed E-state index contributed by atoms with van der Waals surface area (Å²) in [6.07, 6.45) is 2.63. The van der Waals surface area contributed by atoms with Gasteiger partial charge in [0.05, 0.1) is 0 Å². The highest BCUT2D eigenvalue weighted by molar-refractivity contribution is 5.44. The molecule has 0 heterocycles. The van der Waals surface area contributed by atoms with Gasteiger partial charge in [-0.3, -0.25) is 0 Å². The fourth-order valence-corrected chi connectivity index (χ4v) is 2.06. The van der Waals surface area contributed by atoms with Crippen LogP contribution in [0.1, 0.15) is 23.6 Å². The minimum absolute atomic E-state index is 0.00384. The van der Waals surface area contributed by atoms with Gasteiger partial charge in [0, 0.05) is 0 Å². The molecule has 0 atom stereocenters. The van der Waals surface area contributed by atoms with Crippen LogP contribution in [0.25, 0.3) is 0 Å². The average molecular weight is 242 g/mol. The third-order valence-electron chi connectivity index (χ3n) is 3.18. The van der Waals surface area contributed by atoms with Crippen LogP contribution in [-0.2, 0) is 19.3 Å². The number of benzene rings is 2. The fraction of sp³-hybridized carbons (Fsp3) is 0.250. The number of phenolic OH excluding ortho intramolecular Hbond substituents is 2. The van der Waals surface area contributed by atoms with E-state index in [2.05, 4.69) is 31.2 Å². The van der Waals surface area contributed by atoms with Crippen molar-refractivity contribution in [2.24, 2.45) is 0 Å². The van der Waals surface area contributed by atoms with Crippen LogP contribution in [0.2, 0.25) is 0 Å². The molecule has 0 bridgehead atoms. The van der Waals surface area contributed by atoms with E-state index in [-0.39, 0.29) is 11.5 Å². The molecule has 0 amide bonds. The first-order valence-corrected chi connectivity index (χ1v) is 6.28. The first kappa shape index (κ1) is 12.5. The second kappa shape index (κ2) is 5.58. The second-order valence-corrected chi connectivity index (χ2v) is 4.46. The summed E-state index contributed by atoms with van der Waals surface area (Å²) in [5.74, 6) is -0.0426. The van der Waals surface area contributed by atoms with E-state index in [1.807, 2.05) is 6.07 Å². The third-order valence-corrected chi connectivity index (χ3v) is 3.18. The Bertz CT molecular complexity index is 532. The molecule has 0 spiro atoms. The Balaban J connectivity index is 2.09. The van der Waals surface area contributed by atoms with Crippen molar-refractivity contribution in [3.05, 3.63) is 59.2 Å². The van der Waals surface area contributed by atoms with E-state index in [9.17, 15) is 10.2 Å². The van der Waals surface area contributed by atoms with Crippen molar-refractivity contribution in [1.29, 1.82) is 0 Å². The second-order valence-electron chi connectivity index (χ2n) is 4.46. The van der Waals surface area contributed by atoms with Crippen molar-refractivity contribution in [1.82, 2.24) is 0 Å². The zero-order chi connectivity index (χ0) is 13.0. The highest BCUT2D eigenvalue weighted by Crippen LogP contribution is 2.29. The van der Waals surface area contributed by atoms with E-state index < -0.39 is 0 Å². The summed E-state index contributed by atoms with van der Waals surface area (Å²) < 4.78 is 0. The number of hydrogen-bond donors (Lipinski definition) is 2. The lowest BCUT2D eigenvalue weighted by Gasteiger charge is -2.07. The van der Waals surface area contributed by atoms with E-state index in [0.29, 0.717) is 0 Å². The maximum atomic E-state index is 9.73. The zero-order valence-electron chi connectivity index (χ0n) is 10.6. The Morgan fingerprint density at radius 1 is 0.889 bits per heavy atom. The van der Waals surface area contributed by atoms with Crippen molar-refractivity contribution in [2.45, 2.75) is 26.2 Å². The summed E-state index contributed by atoms with van der Waals surface area (Å²) in [7, 11) is 0. The summed E-state index contributed by atoms with van der Waals surface area (Å²) in [5.41, 5.74) is 3.38. The third kappa shape index (κ3) is 2.83. The smallest absolute Gasteiger partial charge is 0.160 e. The van der Waals surface area contributed by atoms with Gasteiger partial charge in [0.25, 0.3) is 0 Å². The maximum absolute atomic E-state index is 9.73.